The lowest BCUT2D eigenvalue weighted by molar-refractivity contribution is -0.291. The average molecular weight is 1790 g/mol. The molecule has 7 amide bonds. The predicted octanol–water partition coefficient (Wildman–Crippen LogP) is 0.994. The number of nitrogens with one attached hydrogen (secondary N) is 7. The molecule has 16 atom stereocenters. The second kappa shape index (κ2) is 60.2. The lowest BCUT2D eigenvalue weighted by Crippen LogP contribution is -2.66. The summed E-state index contributed by atoms with van der Waals surface area (Å²) in [6, 6.07) is -1.15. The van der Waals surface area contributed by atoms with Crippen molar-refractivity contribution in [3.05, 3.63) is 0 Å². The Labute approximate surface area is 727 Å². The molecular weight excluding hydrogens is 1660 g/mol. The number of carbonyl (C=O) groups is 18. The molecule has 710 valence electrons. The van der Waals surface area contributed by atoms with Crippen LogP contribution in [0.25, 0.3) is 0 Å². The largest absolute Gasteiger partial charge is 0.463 e. The molecule has 43 heteroatoms. The van der Waals surface area contributed by atoms with E-state index in [0.717, 1.165) is 55.4 Å². The van der Waals surface area contributed by atoms with Crippen LogP contribution in [0.5, 0.6) is 0 Å². The normalized spacial score (nSPS) is 22.5. The summed E-state index contributed by atoms with van der Waals surface area (Å²) in [6.45, 7) is 17.5. The Balaban J connectivity index is 1.53. The second-order valence-electron chi connectivity index (χ2n) is 30.7. The maximum absolute atomic E-state index is 13.0. The highest BCUT2D eigenvalue weighted by Crippen LogP contribution is 2.37. The van der Waals surface area contributed by atoms with E-state index in [1.165, 1.54) is 27.7 Å². The first-order valence-electron chi connectivity index (χ1n) is 42.0. The third-order valence-corrected chi connectivity index (χ3v) is 19.4. The van der Waals surface area contributed by atoms with Crippen LogP contribution in [0.15, 0.2) is 0 Å². The molecule has 0 aromatic heterocycles. The minimum atomic E-state index is -1.30. The van der Waals surface area contributed by atoms with E-state index in [4.69, 9.17) is 85.3 Å². The molecule has 0 aromatic rings. The van der Waals surface area contributed by atoms with Gasteiger partial charge in [0.2, 0.25) is 41.4 Å². The number of unbranched alkanes of at least 4 members (excludes halogenated alkanes) is 3. The van der Waals surface area contributed by atoms with Crippen LogP contribution in [0.1, 0.15) is 200 Å². The molecule has 0 saturated carbocycles. The van der Waals surface area contributed by atoms with Gasteiger partial charge in [-0.3, -0.25) is 76.7 Å². The number of ether oxygens (including phenoxy) is 18. The second-order valence-corrected chi connectivity index (χ2v) is 30.7. The Hall–Kier alpha value is -9.50. The highest BCUT2D eigenvalue weighted by molar-refractivity contribution is 5.80. The van der Waals surface area contributed by atoms with Gasteiger partial charge in [0.05, 0.1) is 64.6 Å². The van der Waals surface area contributed by atoms with Crippen LogP contribution in [0.3, 0.4) is 0 Å². The maximum Gasteiger partial charge on any atom is 0.303 e. The van der Waals surface area contributed by atoms with Gasteiger partial charge in [-0.2, -0.15) is 0 Å². The van der Waals surface area contributed by atoms with Gasteiger partial charge in [-0.1, -0.05) is 13.8 Å². The Bertz CT molecular complexity index is 3350. The van der Waals surface area contributed by atoms with Gasteiger partial charge in [0.1, 0.15) is 67.9 Å². The molecule has 3 rings (SSSR count). The molecule has 0 aliphatic carbocycles. The Morgan fingerprint density at radius 1 is 0.312 bits per heavy atom. The Kier molecular flexibility index (Phi) is 52.8. The van der Waals surface area contributed by atoms with Gasteiger partial charge in [0.25, 0.3) is 0 Å². The summed E-state index contributed by atoms with van der Waals surface area (Å²) in [5.74, 6) is -11.7. The van der Waals surface area contributed by atoms with Crippen LogP contribution in [0, 0.1) is 23.2 Å². The lowest BCUT2D eigenvalue weighted by Gasteiger charge is -2.44. The van der Waals surface area contributed by atoms with E-state index in [1.54, 1.807) is 0 Å². The van der Waals surface area contributed by atoms with E-state index in [9.17, 15) is 86.3 Å². The summed E-state index contributed by atoms with van der Waals surface area (Å²) in [5.41, 5.74) is -0.883. The van der Waals surface area contributed by atoms with Crippen molar-refractivity contribution in [3.63, 3.8) is 0 Å². The van der Waals surface area contributed by atoms with Gasteiger partial charge < -0.3 is 132 Å². The molecule has 125 heavy (non-hydrogen) atoms. The topological polar surface area (TPSA) is 558 Å². The molecular formula is C82H131N7O36. The zero-order valence-corrected chi connectivity index (χ0v) is 74.3. The molecule has 3 heterocycles. The van der Waals surface area contributed by atoms with Gasteiger partial charge in [-0.15, -0.1) is 0 Å². The molecule has 3 saturated heterocycles. The van der Waals surface area contributed by atoms with Crippen molar-refractivity contribution in [2.24, 2.45) is 23.2 Å². The molecule has 3 aliphatic rings. The third-order valence-electron chi connectivity index (χ3n) is 19.4. The SMILES string of the molecule is CC(=O)C[C@H]1[C@H](OCCCCC(=O)NCCCNC(=O)CCOCC(COCCC(=O)NCCCNC(=O)CCCCO[C@@H]2O[C@H](COC(C)=O)[C@H](OC(C)=O)[C@H](OC(C)=O)[C@H]2NC(C)=O)(COCCC(=O)NCNC(=O)CCCCO[C@@H]2O[C@H](COC(C)=O)[C@H](OC(C)=O)[C@H](OC(C)=O)[C@H]2CC(C)=O)C(C)C)O[C@H](COC(C)=O)[C@H](OC(C)=O)[C@@H]1OC(C)=O. The van der Waals surface area contributed by atoms with Crippen LogP contribution in [-0.2, 0) is 172 Å². The number of Topliss-reactive ketones (excluding diaryl/α,β-unsaturated/α-hetero) is 2. The molecule has 1 unspecified atom stereocenters. The average Bonchev–Trinajstić information content (AvgIpc) is 0.796. The maximum atomic E-state index is 13.0. The number of esters is 9. The number of hydrogen-bond acceptors (Lipinski definition) is 36. The van der Waals surface area contributed by atoms with Crippen molar-refractivity contribution in [2.75, 3.05) is 112 Å². The lowest BCUT2D eigenvalue weighted by atomic mass is 9.79. The molecule has 0 bridgehead atoms. The quantitative estimate of drug-likeness (QED) is 0.0193. The summed E-state index contributed by atoms with van der Waals surface area (Å²) in [5, 5.41) is 19.1. The van der Waals surface area contributed by atoms with E-state index in [1.807, 2.05) is 13.8 Å². The third kappa shape index (κ3) is 46.0. The van der Waals surface area contributed by atoms with E-state index in [2.05, 4.69) is 37.2 Å². The summed E-state index contributed by atoms with van der Waals surface area (Å²) < 4.78 is 103. The number of carbonyl (C=O) groups excluding carboxylic acids is 18. The summed E-state index contributed by atoms with van der Waals surface area (Å²) in [4.78, 5) is 223. The highest BCUT2D eigenvalue weighted by Gasteiger charge is 2.54. The van der Waals surface area contributed by atoms with Crippen molar-refractivity contribution >= 4 is 107 Å². The van der Waals surface area contributed by atoms with Gasteiger partial charge in [-0.05, 0) is 71.1 Å². The van der Waals surface area contributed by atoms with Gasteiger partial charge in [-0.25, -0.2) is 0 Å². The first kappa shape index (κ1) is 110. The van der Waals surface area contributed by atoms with E-state index in [-0.39, 0.29) is 191 Å². The first-order valence-corrected chi connectivity index (χ1v) is 42.0. The molecule has 0 radical (unpaired) electrons. The molecule has 43 nitrogen and oxygen atoms in total. The van der Waals surface area contributed by atoms with Crippen LogP contribution in [-0.4, -0.2) is 299 Å². The standard InChI is InChI=1S/C82H131N7O36/c1-48(2)82(46-110-38-28-71(107)88-47-87-68(104)25-17-19-34-112-80-62(40-50(4)91)74(118-56(10)97)76(120-58(12)99)64(124-80)42-115-53(7)94,44-108-36-26-69(105)85-31-21-29-83-66(102)23-15-18-33-111-79-61(39-49(3)90)73(117-55(9)96)75(119-57(11)98)63(123-79)41-114-52(6)93)45-109-37-27-70(106)86-32-22-30-84-67(103)24-16-20-35-113-81-72(89-51(5)92)78(122-60(14)101)77(121-59(13)100)65(125-81)43-116-54(8)95/h48,61-65,72-81H,15-47H2,1-14H3,(H,83,102)(H,84,103)(H,85,105)(H,86,106)(H,87,104)(H,88,107)(H,89,92)/t61-,62-,63-,64-,65-,72-,73-,74-,75+,76+,77+,78-,79-,80-,81-,82?/m1/s1. The number of ketones is 2. The minimum Gasteiger partial charge on any atom is -0.463 e. The fourth-order valence-corrected chi connectivity index (χ4v) is 13.4. The minimum absolute atomic E-state index is 0.00541. The van der Waals surface area contributed by atoms with Gasteiger partial charge in [0, 0.05) is 166 Å². The van der Waals surface area contributed by atoms with E-state index < -0.39 is 182 Å². The zero-order chi connectivity index (χ0) is 93.1. The number of amides is 7. The van der Waals surface area contributed by atoms with Crippen LogP contribution >= 0.6 is 0 Å². The molecule has 0 spiro atoms. The molecule has 3 fully saturated rings. The number of hydrogen-bond donors (Lipinski definition) is 7. The fourth-order valence-electron chi connectivity index (χ4n) is 13.4. The van der Waals surface area contributed by atoms with Crippen LogP contribution in [0.4, 0.5) is 0 Å². The van der Waals surface area contributed by atoms with Crippen molar-refractivity contribution < 1.29 is 172 Å². The van der Waals surface area contributed by atoms with E-state index in [0.29, 0.717) is 51.4 Å². The predicted molar refractivity (Wildman–Crippen MR) is 430 cm³/mol. The zero-order valence-electron chi connectivity index (χ0n) is 74.3. The number of rotatable bonds is 61. The van der Waals surface area contributed by atoms with Crippen molar-refractivity contribution in [3.8, 4) is 0 Å². The van der Waals surface area contributed by atoms with Gasteiger partial charge in [0.15, 0.2) is 43.3 Å². The van der Waals surface area contributed by atoms with Crippen molar-refractivity contribution in [2.45, 2.75) is 280 Å². The van der Waals surface area contributed by atoms with Crippen molar-refractivity contribution in [1.82, 2.24) is 37.2 Å². The molecule has 0 aromatic carbocycles. The smallest absolute Gasteiger partial charge is 0.303 e. The van der Waals surface area contributed by atoms with Crippen molar-refractivity contribution in [1.29, 1.82) is 0 Å². The summed E-state index contributed by atoms with van der Waals surface area (Å²) >= 11 is 0. The fraction of sp³-hybridized carbons (Fsp3) is 0.780. The molecule has 3 aliphatic heterocycles. The van der Waals surface area contributed by atoms with E-state index >= 15 is 0 Å². The van der Waals surface area contributed by atoms with Crippen LogP contribution in [0.2, 0.25) is 0 Å². The summed E-state index contributed by atoms with van der Waals surface area (Å²) in [6.07, 6.45) is -12.0. The molecule has 7 N–H and O–H groups in total. The van der Waals surface area contributed by atoms with Crippen LogP contribution < -0.4 is 37.2 Å². The summed E-state index contributed by atoms with van der Waals surface area (Å²) in [7, 11) is 0. The Morgan fingerprint density at radius 3 is 0.896 bits per heavy atom. The highest BCUT2D eigenvalue weighted by atomic mass is 16.7. The van der Waals surface area contributed by atoms with Gasteiger partial charge >= 0.3 is 53.7 Å². The monoisotopic (exact) mass is 1790 g/mol. The first-order chi connectivity index (χ1) is 59.2. The Morgan fingerprint density at radius 2 is 0.592 bits per heavy atom.